The molecule has 0 saturated carbocycles. The van der Waals surface area contributed by atoms with Crippen molar-refractivity contribution in [3.05, 3.63) is 112 Å². The normalized spacial score (nSPS) is 16.8. The van der Waals surface area contributed by atoms with E-state index in [-0.39, 0.29) is 5.91 Å². The van der Waals surface area contributed by atoms with Crippen LogP contribution >= 0.6 is 23.2 Å². The summed E-state index contributed by atoms with van der Waals surface area (Å²) in [5.41, 5.74) is 4.00. The number of hydrogen-bond donors (Lipinski definition) is 0. The molecule has 0 N–H and O–H groups in total. The molecule has 6 rings (SSSR count). The molecule has 0 radical (unpaired) electrons. The van der Waals surface area contributed by atoms with Crippen molar-refractivity contribution in [3.63, 3.8) is 0 Å². The lowest BCUT2D eigenvalue weighted by atomic mass is 10.0. The van der Waals surface area contributed by atoms with Crippen molar-refractivity contribution in [2.24, 2.45) is 0 Å². The molecule has 0 atom stereocenters. The molecular weight excluding hydrogens is 609 g/mol. The zero-order valence-corrected chi connectivity index (χ0v) is 27.1. The fourth-order valence-corrected chi connectivity index (χ4v) is 6.29. The highest BCUT2D eigenvalue weighted by atomic mass is 35.5. The molecule has 1 aliphatic carbocycles. The number of carbonyl (C=O) groups excluding carboxylic acids is 1. The number of halogens is 2. The fourth-order valence-electron chi connectivity index (χ4n) is 5.88. The summed E-state index contributed by atoms with van der Waals surface area (Å²) in [5.74, 6) is 1.62. The summed E-state index contributed by atoms with van der Waals surface area (Å²) in [4.78, 5) is 25.1. The van der Waals surface area contributed by atoms with Gasteiger partial charge in [-0.1, -0.05) is 77.8 Å². The Kier molecular flexibility index (Phi) is 9.64. The average molecular weight is 647 g/mol. The first-order chi connectivity index (χ1) is 21.9. The SMILES string of the molecule is Cc1c(C(=O)N(C)CCCN2CCN(c3cccc(Cl)c3Cl)CC2)nc(-c2ccccc2)n1C1=COC=C(C2=CC=CCC2)O1. The van der Waals surface area contributed by atoms with Crippen LogP contribution in [0.15, 0.2) is 90.6 Å². The van der Waals surface area contributed by atoms with Crippen molar-refractivity contribution in [1.82, 2.24) is 19.4 Å². The summed E-state index contributed by atoms with van der Waals surface area (Å²) in [5, 5.41) is 1.18. The maximum Gasteiger partial charge on any atom is 0.274 e. The van der Waals surface area contributed by atoms with Gasteiger partial charge in [0.15, 0.2) is 12.0 Å². The van der Waals surface area contributed by atoms with Gasteiger partial charge in [-0.15, -0.1) is 0 Å². The number of aromatic nitrogens is 2. The van der Waals surface area contributed by atoms with Crippen molar-refractivity contribution in [1.29, 1.82) is 0 Å². The molecule has 2 aliphatic heterocycles. The summed E-state index contributed by atoms with van der Waals surface area (Å²) in [7, 11) is 1.84. The second-order valence-electron chi connectivity index (χ2n) is 11.4. The third-order valence-corrected chi connectivity index (χ3v) is 9.22. The van der Waals surface area contributed by atoms with Crippen LogP contribution < -0.4 is 4.90 Å². The molecule has 0 unspecified atom stereocenters. The van der Waals surface area contributed by atoms with E-state index >= 15 is 0 Å². The minimum atomic E-state index is -0.128. The molecule has 10 heteroatoms. The third kappa shape index (κ3) is 6.83. The Morgan fingerprint density at radius 3 is 2.58 bits per heavy atom. The van der Waals surface area contributed by atoms with Crippen molar-refractivity contribution in [3.8, 4) is 11.4 Å². The largest absolute Gasteiger partial charge is 0.463 e. The first-order valence-electron chi connectivity index (χ1n) is 15.3. The molecule has 0 spiro atoms. The van der Waals surface area contributed by atoms with Crippen LogP contribution in [0.1, 0.15) is 35.4 Å². The Bertz CT molecular complexity index is 1670. The number of allylic oxidation sites excluding steroid dienone is 4. The Morgan fingerprint density at radius 1 is 1.02 bits per heavy atom. The van der Waals surface area contributed by atoms with Crippen molar-refractivity contribution < 1.29 is 14.3 Å². The molecule has 2 aromatic carbocycles. The highest BCUT2D eigenvalue weighted by Gasteiger charge is 2.28. The molecule has 8 nitrogen and oxygen atoms in total. The number of anilines is 1. The Balaban J connectivity index is 1.12. The molecule has 3 aromatic rings. The number of carbonyl (C=O) groups is 1. The maximum absolute atomic E-state index is 13.8. The molecule has 1 saturated heterocycles. The van der Waals surface area contributed by atoms with Crippen LogP contribution in [-0.4, -0.2) is 71.6 Å². The summed E-state index contributed by atoms with van der Waals surface area (Å²) in [6.07, 6.45) is 12.0. The van der Waals surface area contributed by atoms with E-state index in [1.54, 1.807) is 17.4 Å². The van der Waals surface area contributed by atoms with Gasteiger partial charge in [-0.25, -0.2) is 4.98 Å². The van der Waals surface area contributed by atoms with Crippen molar-refractivity contribution in [2.75, 3.05) is 51.2 Å². The zero-order valence-electron chi connectivity index (χ0n) is 25.6. The molecule has 234 valence electrons. The van der Waals surface area contributed by atoms with Gasteiger partial charge in [0.1, 0.15) is 17.8 Å². The summed E-state index contributed by atoms with van der Waals surface area (Å²) < 4.78 is 14.0. The van der Waals surface area contributed by atoms with Crippen LogP contribution in [0.5, 0.6) is 0 Å². The van der Waals surface area contributed by atoms with Crippen LogP contribution in [0.3, 0.4) is 0 Å². The smallest absolute Gasteiger partial charge is 0.274 e. The van der Waals surface area contributed by atoms with Crippen molar-refractivity contribution in [2.45, 2.75) is 26.2 Å². The third-order valence-electron chi connectivity index (χ3n) is 8.41. The van der Waals surface area contributed by atoms with Gasteiger partial charge in [0.25, 0.3) is 5.91 Å². The highest BCUT2D eigenvalue weighted by Crippen LogP contribution is 2.34. The number of benzene rings is 2. The highest BCUT2D eigenvalue weighted by molar-refractivity contribution is 6.43. The molecular formula is C35H37Cl2N5O3. The number of piperazine rings is 1. The van der Waals surface area contributed by atoms with Crippen LogP contribution in [0.2, 0.25) is 10.0 Å². The van der Waals surface area contributed by atoms with Crippen molar-refractivity contribution >= 4 is 40.7 Å². The van der Waals surface area contributed by atoms with E-state index < -0.39 is 0 Å². The summed E-state index contributed by atoms with van der Waals surface area (Å²) >= 11 is 12.7. The van der Waals surface area contributed by atoms with Gasteiger partial charge in [0.05, 0.1) is 21.4 Å². The molecule has 45 heavy (non-hydrogen) atoms. The Morgan fingerprint density at radius 2 is 1.82 bits per heavy atom. The number of amides is 1. The van der Waals surface area contributed by atoms with Gasteiger partial charge < -0.3 is 19.3 Å². The van der Waals surface area contributed by atoms with Gasteiger partial charge >= 0.3 is 0 Å². The minimum absolute atomic E-state index is 0.128. The lowest BCUT2D eigenvalue weighted by molar-refractivity contribution is 0.0782. The number of imidazole rings is 1. The van der Waals surface area contributed by atoms with E-state index in [2.05, 4.69) is 15.9 Å². The standard InChI is InChI=1S/C35H37Cl2N5O3/c1-25-33(35(43)39(2)17-10-18-40-19-21-41(22-20-40)29-16-9-15-28(36)32(29)37)38-34(27-13-7-4-8-14-27)42(25)31-24-44-23-30(45-31)26-11-5-3-6-12-26/h3-5,7-9,11,13-16,23-24H,6,10,12,17-22H2,1-2H3. The molecule has 0 bridgehead atoms. The van der Waals surface area contributed by atoms with Crippen LogP contribution in [0.25, 0.3) is 17.3 Å². The van der Waals surface area contributed by atoms with Gasteiger partial charge in [0, 0.05) is 45.3 Å². The lowest BCUT2D eigenvalue weighted by Gasteiger charge is -2.36. The van der Waals surface area contributed by atoms with Crippen LogP contribution in [-0.2, 0) is 9.47 Å². The fraction of sp³-hybridized carbons (Fsp3) is 0.314. The van der Waals surface area contributed by atoms with Gasteiger partial charge in [0.2, 0.25) is 5.88 Å². The number of ether oxygens (including phenoxy) is 2. The quantitative estimate of drug-likeness (QED) is 0.242. The first kappa shape index (κ1) is 31.0. The second-order valence-corrected chi connectivity index (χ2v) is 12.2. The maximum atomic E-state index is 13.8. The minimum Gasteiger partial charge on any atom is -0.463 e. The van der Waals surface area contributed by atoms with Crippen LogP contribution in [0.4, 0.5) is 5.69 Å². The summed E-state index contributed by atoms with van der Waals surface area (Å²) in [6.45, 7) is 7.01. The predicted molar refractivity (Wildman–Crippen MR) is 180 cm³/mol. The Hall–Kier alpha value is -3.98. The van der Waals surface area contributed by atoms with E-state index in [1.165, 1.54) is 0 Å². The number of rotatable bonds is 9. The molecule has 3 aliphatic rings. The topological polar surface area (TPSA) is 63.1 Å². The Labute approximate surface area is 274 Å². The molecule has 3 heterocycles. The van der Waals surface area contributed by atoms with E-state index in [4.69, 9.17) is 37.7 Å². The van der Waals surface area contributed by atoms with Gasteiger partial charge in [-0.3, -0.25) is 14.3 Å². The summed E-state index contributed by atoms with van der Waals surface area (Å²) in [6, 6.07) is 15.6. The molecule has 1 aromatic heterocycles. The van der Waals surface area contributed by atoms with Gasteiger partial charge in [-0.2, -0.15) is 0 Å². The lowest BCUT2D eigenvalue weighted by Crippen LogP contribution is -2.47. The monoisotopic (exact) mass is 645 g/mol. The first-order valence-corrected chi connectivity index (χ1v) is 16.1. The zero-order chi connectivity index (χ0) is 31.3. The molecule has 1 fully saturated rings. The van der Waals surface area contributed by atoms with E-state index in [9.17, 15) is 4.79 Å². The average Bonchev–Trinajstić information content (AvgIpc) is 3.43. The van der Waals surface area contributed by atoms with E-state index in [0.717, 1.165) is 68.8 Å². The van der Waals surface area contributed by atoms with Crippen LogP contribution in [0, 0.1) is 6.92 Å². The molecule has 1 amide bonds. The number of nitrogens with zero attached hydrogens (tertiary/aromatic N) is 5. The van der Waals surface area contributed by atoms with Gasteiger partial charge in [-0.05, 0) is 50.4 Å². The number of hydrogen-bond acceptors (Lipinski definition) is 6. The van der Waals surface area contributed by atoms with E-state index in [1.807, 2.05) is 79.2 Å². The van der Waals surface area contributed by atoms with E-state index in [0.29, 0.717) is 45.4 Å². The second kappa shape index (κ2) is 14.0. The predicted octanol–water partition coefficient (Wildman–Crippen LogP) is 7.37.